The van der Waals surface area contributed by atoms with Crippen LogP contribution >= 0.6 is 0 Å². The summed E-state index contributed by atoms with van der Waals surface area (Å²) in [6.07, 6.45) is 8.98. The van der Waals surface area contributed by atoms with Crippen molar-refractivity contribution in [3.05, 3.63) is 18.3 Å². The molecule has 1 aromatic heterocycles. The van der Waals surface area contributed by atoms with E-state index in [1.165, 1.54) is 51.7 Å². The molecule has 2 fully saturated rings. The van der Waals surface area contributed by atoms with Crippen molar-refractivity contribution in [1.29, 1.82) is 0 Å². The molecule has 3 rings (SSSR count). The van der Waals surface area contributed by atoms with Gasteiger partial charge in [-0.15, -0.1) is 0 Å². The van der Waals surface area contributed by atoms with Crippen LogP contribution in [0.1, 0.15) is 32.1 Å². The van der Waals surface area contributed by atoms with Gasteiger partial charge in [-0.1, -0.05) is 19.3 Å². The smallest absolute Gasteiger partial charge is 0.128 e. The number of nitrogens with two attached hydrogens (primary N) is 1. The summed E-state index contributed by atoms with van der Waals surface area (Å²) in [5, 5.41) is 0. The summed E-state index contributed by atoms with van der Waals surface area (Å²) in [4.78, 5) is 9.44. The van der Waals surface area contributed by atoms with E-state index in [1.807, 2.05) is 12.1 Å². The van der Waals surface area contributed by atoms with Crippen LogP contribution in [0.2, 0.25) is 0 Å². The quantitative estimate of drug-likeness (QED) is 0.919. The van der Waals surface area contributed by atoms with Crippen molar-refractivity contribution in [2.75, 3.05) is 43.4 Å². The van der Waals surface area contributed by atoms with Crippen molar-refractivity contribution in [1.82, 2.24) is 9.88 Å². The number of hydrogen-bond donors (Lipinski definition) is 1. The van der Waals surface area contributed by atoms with Crippen LogP contribution in [0.25, 0.3) is 0 Å². The second kappa shape index (κ2) is 6.44. The maximum Gasteiger partial charge on any atom is 0.128 e. The van der Waals surface area contributed by atoms with Gasteiger partial charge in [0, 0.05) is 32.7 Å². The van der Waals surface area contributed by atoms with Crippen LogP contribution in [-0.2, 0) is 0 Å². The molecule has 0 spiro atoms. The Morgan fingerprint density at radius 2 is 1.80 bits per heavy atom. The molecule has 0 unspecified atom stereocenters. The number of anilines is 2. The molecule has 0 radical (unpaired) electrons. The lowest BCUT2D eigenvalue weighted by Crippen LogP contribution is -2.48. The monoisotopic (exact) mass is 274 g/mol. The van der Waals surface area contributed by atoms with Gasteiger partial charge >= 0.3 is 0 Å². The number of piperazine rings is 1. The van der Waals surface area contributed by atoms with Gasteiger partial charge in [-0.05, 0) is 30.9 Å². The molecular formula is C16H26N4. The maximum absolute atomic E-state index is 5.69. The highest BCUT2D eigenvalue weighted by Gasteiger charge is 2.21. The van der Waals surface area contributed by atoms with Crippen LogP contribution < -0.4 is 10.6 Å². The van der Waals surface area contributed by atoms with Gasteiger partial charge < -0.3 is 10.6 Å². The summed E-state index contributed by atoms with van der Waals surface area (Å²) in [6.45, 7) is 5.82. The Morgan fingerprint density at radius 1 is 1.05 bits per heavy atom. The fourth-order valence-corrected chi connectivity index (χ4v) is 3.48. The van der Waals surface area contributed by atoms with Crippen molar-refractivity contribution >= 4 is 11.5 Å². The Balaban J connectivity index is 1.47. The average molecular weight is 274 g/mol. The lowest BCUT2D eigenvalue weighted by atomic mass is 9.89. The number of nitrogen functional groups attached to an aromatic ring is 1. The third-order valence-electron chi connectivity index (χ3n) is 4.71. The molecule has 1 aliphatic heterocycles. The van der Waals surface area contributed by atoms with E-state index >= 15 is 0 Å². The first kappa shape index (κ1) is 13.7. The van der Waals surface area contributed by atoms with Gasteiger partial charge in [0.25, 0.3) is 0 Å². The number of pyridine rings is 1. The SMILES string of the molecule is Nc1ccc(N2CCN(CC3CCCCC3)CC2)nc1. The molecule has 1 aromatic rings. The lowest BCUT2D eigenvalue weighted by Gasteiger charge is -2.37. The van der Waals surface area contributed by atoms with Gasteiger partial charge in [-0.25, -0.2) is 4.98 Å². The second-order valence-electron chi connectivity index (χ2n) is 6.24. The Morgan fingerprint density at radius 3 is 2.45 bits per heavy atom. The van der Waals surface area contributed by atoms with Crippen LogP contribution in [0, 0.1) is 5.92 Å². The first-order chi connectivity index (χ1) is 9.81. The average Bonchev–Trinajstić information content (AvgIpc) is 2.50. The van der Waals surface area contributed by atoms with Gasteiger partial charge in [0.1, 0.15) is 5.82 Å². The minimum Gasteiger partial charge on any atom is -0.397 e. The van der Waals surface area contributed by atoms with E-state index in [-0.39, 0.29) is 0 Å². The number of aromatic nitrogens is 1. The van der Waals surface area contributed by atoms with Gasteiger partial charge in [-0.2, -0.15) is 0 Å². The van der Waals surface area contributed by atoms with Crippen LogP contribution in [0.5, 0.6) is 0 Å². The Hall–Kier alpha value is -1.29. The molecule has 1 aliphatic carbocycles. The third kappa shape index (κ3) is 3.42. The van der Waals surface area contributed by atoms with Crippen molar-refractivity contribution < 1.29 is 0 Å². The van der Waals surface area contributed by atoms with Crippen LogP contribution in [0.3, 0.4) is 0 Å². The maximum atomic E-state index is 5.69. The molecule has 1 saturated heterocycles. The normalized spacial score (nSPS) is 22.1. The highest BCUT2D eigenvalue weighted by atomic mass is 15.3. The van der Waals surface area contributed by atoms with Gasteiger partial charge in [0.2, 0.25) is 0 Å². The van der Waals surface area contributed by atoms with E-state index in [9.17, 15) is 0 Å². The summed E-state index contributed by atoms with van der Waals surface area (Å²) in [6, 6.07) is 3.98. The Kier molecular flexibility index (Phi) is 4.41. The van der Waals surface area contributed by atoms with E-state index in [1.54, 1.807) is 6.20 Å². The molecular weight excluding hydrogens is 248 g/mol. The fraction of sp³-hybridized carbons (Fsp3) is 0.688. The summed E-state index contributed by atoms with van der Waals surface area (Å²) >= 11 is 0. The van der Waals surface area contributed by atoms with Crippen LogP contribution in [-0.4, -0.2) is 42.6 Å². The van der Waals surface area contributed by atoms with Gasteiger partial charge in [0.05, 0.1) is 11.9 Å². The molecule has 0 amide bonds. The second-order valence-corrected chi connectivity index (χ2v) is 6.24. The zero-order valence-electron chi connectivity index (χ0n) is 12.3. The molecule has 0 bridgehead atoms. The highest BCUT2D eigenvalue weighted by Crippen LogP contribution is 2.25. The zero-order chi connectivity index (χ0) is 13.8. The van der Waals surface area contributed by atoms with Crippen LogP contribution in [0.15, 0.2) is 18.3 Å². The molecule has 0 aromatic carbocycles. The molecule has 2 heterocycles. The standard InChI is InChI=1S/C16H26N4/c17-15-6-7-16(18-12-15)20-10-8-19(9-11-20)13-14-4-2-1-3-5-14/h6-7,12,14H,1-5,8-11,13,17H2. The molecule has 1 saturated carbocycles. The number of nitrogens with zero attached hydrogens (tertiary/aromatic N) is 3. The Labute approximate surface area is 122 Å². The van der Waals surface area contributed by atoms with Crippen molar-refractivity contribution in [3.8, 4) is 0 Å². The Bertz CT molecular complexity index is 403. The molecule has 110 valence electrons. The predicted molar refractivity (Wildman–Crippen MR) is 83.9 cm³/mol. The molecule has 4 heteroatoms. The predicted octanol–water partition coefficient (Wildman–Crippen LogP) is 2.37. The first-order valence-corrected chi connectivity index (χ1v) is 8.00. The van der Waals surface area contributed by atoms with Crippen LogP contribution in [0.4, 0.5) is 11.5 Å². The topological polar surface area (TPSA) is 45.4 Å². The molecule has 20 heavy (non-hydrogen) atoms. The van der Waals surface area contributed by atoms with E-state index in [2.05, 4.69) is 14.8 Å². The zero-order valence-corrected chi connectivity index (χ0v) is 12.3. The molecule has 0 atom stereocenters. The minimum atomic E-state index is 0.740. The van der Waals surface area contributed by atoms with Crippen molar-refractivity contribution in [3.63, 3.8) is 0 Å². The summed E-state index contributed by atoms with van der Waals surface area (Å²) in [5.74, 6) is 2.02. The fourth-order valence-electron chi connectivity index (χ4n) is 3.48. The summed E-state index contributed by atoms with van der Waals surface area (Å²) in [7, 11) is 0. The third-order valence-corrected chi connectivity index (χ3v) is 4.71. The van der Waals surface area contributed by atoms with Gasteiger partial charge in [-0.3, -0.25) is 4.90 Å². The molecule has 2 aliphatic rings. The largest absolute Gasteiger partial charge is 0.397 e. The number of rotatable bonds is 3. The van der Waals surface area contributed by atoms with E-state index < -0.39 is 0 Å². The summed E-state index contributed by atoms with van der Waals surface area (Å²) < 4.78 is 0. The highest BCUT2D eigenvalue weighted by molar-refractivity contribution is 5.46. The van der Waals surface area contributed by atoms with Gasteiger partial charge in [0.15, 0.2) is 0 Å². The number of hydrogen-bond acceptors (Lipinski definition) is 4. The molecule has 4 nitrogen and oxygen atoms in total. The summed E-state index contributed by atoms with van der Waals surface area (Å²) in [5.41, 5.74) is 6.43. The van der Waals surface area contributed by atoms with Crippen molar-refractivity contribution in [2.45, 2.75) is 32.1 Å². The first-order valence-electron chi connectivity index (χ1n) is 8.00. The van der Waals surface area contributed by atoms with E-state index in [0.717, 1.165) is 30.5 Å². The minimum absolute atomic E-state index is 0.740. The van der Waals surface area contributed by atoms with E-state index in [0.29, 0.717) is 0 Å². The van der Waals surface area contributed by atoms with Crippen molar-refractivity contribution in [2.24, 2.45) is 5.92 Å². The lowest BCUT2D eigenvalue weighted by molar-refractivity contribution is 0.192. The van der Waals surface area contributed by atoms with E-state index in [4.69, 9.17) is 5.73 Å². The molecule has 2 N–H and O–H groups in total.